The topological polar surface area (TPSA) is 93.5 Å². The first kappa shape index (κ1) is 19.1. The molecular formula is C20H18FN3O4. The number of carbonyl (C=O) groups excluding carboxylic acids is 2. The number of para-hydroxylation sites is 1. The first-order chi connectivity index (χ1) is 13.5. The third-order valence-corrected chi connectivity index (χ3v) is 3.95. The average molecular weight is 383 g/mol. The van der Waals surface area contributed by atoms with Crippen molar-refractivity contribution in [2.24, 2.45) is 0 Å². The number of ether oxygens (including phenoxy) is 1. The summed E-state index contributed by atoms with van der Waals surface area (Å²) in [7, 11) is 0. The number of hydrazine groups is 1. The predicted molar refractivity (Wildman–Crippen MR) is 98.8 cm³/mol. The molecule has 1 heterocycles. The molecule has 2 N–H and O–H groups in total. The molecule has 2 amide bonds. The predicted octanol–water partition coefficient (Wildman–Crippen LogP) is 3.02. The van der Waals surface area contributed by atoms with Gasteiger partial charge in [0.1, 0.15) is 17.0 Å². The normalized spacial score (nSPS) is 11.5. The molecule has 0 saturated heterocycles. The Labute approximate surface area is 160 Å². The van der Waals surface area contributed by atoms with Gasteiger partial charge in [0.15, 0.2) is 17.7 Å². The molecule has 1 atom stereocenters. The van der Waals surface area contributed by atoms with Crippen molar-refractivity contribution < 1.29 is 23.2 Å². The molecule has 0 aliphatic heterocycles. The molecule has 0 bridgehead atoms. The van der Waals surface area contributed by atoms with E-state index in [0.29, 0.717) is 17.0 Å². The van der Waals surface area contributed by atoms with Crippen LogP contribution in [0.15, 0.2) is 59.1 Å². The maximum atomic E-state index is 13.6. The molecule has 3 aromatic rings. The van der Waals surface area contributed by atoms with Crippen LogP contribution >= 0.6 is 0 Å². The van der Waals surface area contributed by atoms with Crippen molar-refractivity contribution in [3.05, 3.63) is 71.7 Å². The number of aromatic nitrogens is 1. The molecule has 0 spiro atoms. The molecule has 0 fully saturated rings. The number of benzene rings is 2. The van der Waals surface area contributed by atoms with Crippen molar-refractivity contribution in [2.75, 3.05) is 0 Å². The monoisotopic (exact) mass is 383 g/mol. The first-order valence-corrected chi connectivity index (χ1v) is 8.50. The van der Waals surface area contributed by atoms with Crippen LogP contribution in [0.4, 0.5) is 4.39 Å². The van der Waals surface area contributed by atoms with Crippen LogP contribution in [0.1, 0.15) is 23.0 Å². The molecule has 28 heavy (non-hydrogen) atoms. The minimum Gasteiger partial charge on any atom is -0.478 e. The lowest BCUT2D eigenvalue weighted by Gasteiger charge is -2.15. The van der Waals surface area contributed by atoms with Gasteiger partial charge in [-0.1, -0.05) is 47.6 Å². The fourth-order valence-electron chi connectivity index (χ4n) is 2.50. The highest BCUT2D eigenvalue weighted by atomic mass is 19.1. The third-order valence-electron chi connectivity index (χ3n) is 3.95. The van der Waals surface area contributed by atoms with Gasteiger partial charge in [-0.2, -0.15) is 0 Å². The van der Waals surface area contributed by atoms with Crippen molar-refractivity contribution in [2.45, 2.75) is 20.0 Å². The molecule has 0 aliphatic rings. The average Bonchev–Trinajstić information content (AvgIpc) is 3.09. The Bertz CT molecular complexity index is 988. The largest absolute Gasteiger partial charge is 0.478 e. The quantitative estimate of drug-likeness (QED) is 0.661. The van der Waals surface area contributed by atoms with Crippen molar-refractivity contribution in [1.29, 1.82) is 0 Å². The van der Waals surface area contributed by atoms with E-state index >= 15 is 0 Å². The van der Waals surface area contributed by atoms with E-state index in [4.69, 9.17) is 9.26 Å². The van der Waals surface area contributed by atoms with Gasteiger partial charge < -0.3 is 9.26 Å². The summed E-state index contributed by atoms with van der Waals surface area (Å²) < 4.78 is 24.0. The minimum absolute atomic E-state index is 0.0577. The molecular weight excluding hydrogens is 365 g/mol. The highest BCUT2D eigenvalue weighted by Crippen LogP contribution is 2.24. The van der Waals surface area contributed by atoms with E-state index in [-0.39, 0.29) is 11.3 Å². The highest BCUT2D eigenvalue weighted by molar-refractivity contribution is 6.01. The van der Waals surface area contributed by atoms with Gasteiger partial charge in [-0.05, 0) is 26.0 Å². The zero-order valence-corrected chi connectivity index (χ0v) is 15.2. The number of halogens is 1. The molecule has 3 rings (SSSR count). The van der Waals surface area contributed by atoms with Crippen LogP contribution < -0.4 is 15.6 Å². The van der Waals surface area contributed by atoms with Crippen molar-refractivity contribution in [3.8, 4) is 17.0 Å². The van der Waals surface area contributed by atoms with Gasteiger partial charge in [0.05, 0.1) is 0 Å². The van der Waals surface area contributed by atoms with Crippen LogP contribution in [0.25, 0.3) is 11.3 Å². The van der Waals surface area contributed by atoms with E-state index in [9.17, 15) is 14.0 Å². The number of nitrogens with zero attached hydrogens (tertiary/aromatic N) is 1. The summed E-state index contributed by atoms with van der Waals surface area (Å²) in [6.45, 7) is 3.04. The molecule has 1 aromatic heterocycles. The Morgan fingerprint density at radius 1 is 1.07 bits per heavy atom. The van der Waals surface area contributed by atoms with E-state index in [0.717, 1.165) is 0 Å². The van der Waals surface area contributed by atoms with Crippen molar-refractivity contribution in [3.63, 3.8) is 0 Å². The fourth-order valence-corrected chi connectivity index (χ4v) is 2.50. The maximum absolute atomic E-state index is 13.6. The van der Waals surface area contributed by atoms with E-state index < -0.39 is 23.7 Å². The molecule has 8 heteroatoms. The van der Waals surface area contributed by atoms with Crippen LogP contribution in [0.5, 0.6) is 5.75 Å². The molecule has 7 nitrogen and oxygen atoms in total. The van der Waals surface area contributed by atoms with E-state index in [1.54, 1.807) is 25.1 Å². The summed E-state index contributed by atoms with van der Waals surface area (Å²) >= 11 is 0. The summed E-state index contributed by atoms with van der Waals surface area (Å²) in [5, 5.41) is 3.92. The van der Waals surface area contributed by atoms with Crippen LogP contribution in [0, 0.1) is 12.7 Å². The number of carbonyl (C=O) groups is 2. The van der Waals surface area contributed by atoms with Gasteiger partial charge in [-0.25, -0.2) is 4.39 Å². The van der Waals surface area contributed by atoms with Gasteiger partial charge >= 0.3 is 0 Å². The number of hydrogen-bond acceptors (Lipinski definition) is 5. The number of rotatable bonds is 5. The lowest BCUT2D eigenvalue weighted by molar-refractivity contribution is -0.128. The van der Waals surface area contributed by atoms with Crippen molar-refractivity contribution >= 4 is 11.8 Å². The second-order valence-corrected chi connectivity index (χ2v) is 5.96. The molecule has 2 aromatic carbocycles. The van der Waals surface area contributed by atoms with Crippen LogP contribution in [-0.4, -0.2) is 23.1 Å². The number of hydrogen-bond donors (Lipinski definition) is 2. The van der Waals surface area contributed by atoms with Gasteiger partial charge in [0.25, 0.3) is 11.8 Å². The molecule has 0 radical (unpaired) electrons. The highest BCUT2D eigenvalue weighted by Gasteiger charge is 2.23. The standard InChI is InChI=1S/C20H18FN3O4/c1-12-17(18(24-28-12)14-8-4-3-5-9-14)20(26)23-22-19(25)13(2)27-16-11-7-6-10-15(16)21/h3-11,13H,1-2H3,(H,22,25)(H,23,26)/t13-/m0/s1. The summed E-state index contributed by atoms with van der Waals surface area (Å²) in [6, 6.07) is 14.8. The molecule has 0 saturated carbocycles. The van der Waals surface area contributed by atoms with Gasteiger partial charge in [-0.3, -0.25) is 20.4 Å². The van der Waals surface area contributed by atoms with Gasteiger partial charge in [-0.15, -0.1) is 0 Å². The Morgan fingerprint density at radius 2 is 1.75 bits per heavy atom. The second kappa shape index (κ2) is 8.34. The summed E-state index contributed by atoms with van der Waals surface area (Å²) in [5.41, 5.74) is 5.83. The van der Waals surface area contributed by atoms with E-state index in [1.165, 1.54) is 25.1 Å². The smallest absolute Gasteiger partial charge is 0.279 e. The second-order valence-electron chi connectivity index (χ2n) is 5.96. The van der Waals surface area contributed by atoms with E-state index in [2.05, 4.69) is 16.0 Å². The fraction of sp³-hybridized carbons (Fsp3) is 0.150. The number of amides is 2. The Balaban J connectivity index is 1.65. The Hall–Kier alpha value is -3.68. The lowest BCUT2D eigenvalue weighted by atomic mass is 10.1. The molecule has 144 valence electrons. The molecule has 0 aliphatic carbocycles. The van der Waals surface area contributed by atoms with Gasteiger partial charge in [0, 0.05) is 5.56 Å². The number of nitrogens with one attached hydrogen (secondary N) is 2. The van der Waals surface area contributed by atoms with Gasteiger partial charge in [0.2, 0.25) is 0 Å². The zero-order chi connectivity index (χ0) is 20.1. The Kier molecular flexibility index (Phi) is 5.69. The Morgan fingerprint density at radius 3 is 2.46 bits per heavy atom. The zero-order valence-electron chi connectivity index (χ0n) is 15.2. The maximum Gasteiger partial charge on any atom is 0.279 e. The van der Waals surface area contributed by atoms with Crippen molar-refractivity contribution in [1.82, 2.24) is 16.0 Å². The van der Waals surface area contributed by atoms with E-state index in [1.807, 2.05) is 18.2 Å². The minimum atomic E-state index is -1.03. The van der Waals surface area contributed by atoms with Crippen LogP contribution in [0.3, 0.4) is 0 Å². The molecule has 0 unspecified atom stereocenters. The lowest BCUT2D eigenvalue weighted by Crippen LogP contribution is -2.47. The summed E-state index contributed by atoms with van der Waals surface area (Å²) in [4.78, 5) is 24.7. The third kappa shape index (κ3) is 4.17. The first-order valence-electron chi connectivity index (χ1n) is 8.50. The summed E-state index contributed by atoms with van der Waals surface area (Å²) in [6.07, 6.45) is -1.03. The SMILES string of the molecule is Cc1onc(-c2ccccc2)c1C(=O)NNC(=O)[C@H](C)Oc1ccccc1F. The van der Waals surface area contributed by atoms with Crippen LogP contribution in [0.2, 0.25) is 0 Å². The number of aryl methyl sites for hydroxylation is 1. The summed E-state index contributed by atoms with van der Waals surface area (Å²) in [5.74, 6) is -1.58. The van der Waals surface area contributed by atoms with Crippen LogP contribution in [-0.2, 0) is 4.79 Å².